The lowest BCUT2D eigenvalue weighted by Crippen LogP contribution is -2.20. The fraction of sp³-hybridized carbons (Fsp3) is 0.375. The van der Waals surface area contributed by atoms with E-state index in [0.717, 1.165) is 18.7 Å². The molecule has 1 aliphatic heterocycles. The Kier molecular flexibility index (Phi) is 5.63. The third-order valence-electron chi connectivity index (χ3n) is 3.37. The van der Waals surface area contributed by atoms with Crippen molar-refractivity contribution in [3.63, 3.8) is 0 Å². The van der Waals surface area contributed by atoms with Crippen LogP contribution in [-0.2, 0) is 16.0 Å². The summed E-state index contributed by atoms with van der Waals surface area (Å²) in [7, 11) is 5.77. The van der Waals surface area contributed by atoms with Crippen LogP contribution in [0.5, 0.6) is 0 Å². The quantitative estimate of drug-likeness (QED) is 0.841. The van der Waals surface area contributed by atoms with Gasteiger partial charge in [0.15, 0.2) is 0 Å². The highest BCUT2D eigenvalue weighted by Gasteiger charge is 2.23. The molecule has 1 aromatic carbocycles. The second-order valence-electron chi connectivity index (χ2n) is 5.46. The molecule has 1 N–H and O–H groups in total. The van der Waals surface area contributed by atoms with E-state index in [1.54, 1.807) is 7.05 Å². The number of hydrogen-bond donors (Lipinski definition) is 1. The van der Waals surface area contributed by atoms with Crippen molar-refractivity contribution in [2.45, 2.75) is 6.42 Å². The normalized spacial score (nSPS) is 16.6. The van der Waals surface area contributed by atoms with Gasteiger partial charge < -0.3 is 15.1 Å². The number of rotatable bonds is 5. The molecule has 1 heterocycles. The van der Waals surface area contributed by atoms with E-state index in [2.05, 4.69) is 10.2 Å². The van der Waals surface area contributed by atoms with Gasteiger partial charge in [-0.15, -0.1) is 0 Å². The Morgan fingerprint density at radius 1 is 1.36 bits per heavy atom. The number of carbonyl (C=O) groups excluding carboxylic acids is 2. The summed E-state index contributed by atoms with van der Waals surface area (Å²) >= 11 is 1.38. The SMILES string of the molecule is CN(C)CCc1ccc(NC(=O)/C=C2/SCC(=O)N2C)cc1. The summed E-state index contributed by atoms with van der Waals surface area (Å²) in [5.74, 6) is 0.204. The van der Waals surface area contributed by atoms with Crippen LogP contribution in [0.25, 0.3) is 0 Å². The van der Waals surface area contributed by atoms with Crippen molar-refractivity contribution in [2.75, 3.05) is 38.8 Å². The highest BCUT2D eigenvalue weighted by molar-refractivity contribution is 8.04. The Bertz CT molecular complexity index is 582. The molecule has 2 rings (SSSR count). The van der Waals surface area contributed by atoms with Gasteiger partial charge in [0.05, 0.1) is 10.8 Å². The Balaban J connectivity index is 1.92. The lowest BCUT2D eigenvalue weighted by Gasteiger charge is -2.10. The number of likely N-dealkylation sites (N-methyl/N-ethyl adjacent to an activating group) is 1. The van der Waals surface area contributed by atoms with Gasteiger partial charge in [-0.05, 0) is 38.2 Å². The molecule has 22 heavy (non-hydrogen) atoms. The van der Waals surface area contributed by atoms with Gasteiger partial charge in [-0.3, -0.25) is 9.59 Å². The predicted molar refractivity (Wildman–Crippen MR) is 90.6 cm³/mol. The number of nitrogens with zero attached hydrogens (tertiary/aromatic N) is 2. The molecule has 1 fully saturated rings. The van der Waals surface area contributed by atoms with E-state index in [1.165, 1.54) is 28.3 Å². The zero-order valence-corrected chi connectivity index (χ0v) is 13.9. The average Bonchev–Trinajstić information content (AvgIpc) is 2.78. The molecule has 1 saturated heterocycles. The third-order valence-corrected chi connectivity index (χ3v) is 4.45. The van der Waals surface area contributed by atoms with Crippen LogP contribution in [0.4, 0.5) is 5.69 Å². The zero-order chi connectivity index (χ0) is 16.1. The monoisotopic (exact) mass is 319 g/mol. The maximum atomic E-state index is 12.0. The van der Waals surface area contributed by atoms with Crippen LogP contribution in [0, 0.1) is 0 Å². The fourth-order valence-electron chi connectivity index (χ4n) is 1.99. The number of thioether (sulfide) groups is 1. The first-order chi connectivity index (χ1) is 10.5. The second-order valence-corrected chi connectivity index (χ2v) is 6.46. The first-order valence-corrected chi connectivity index (χ1v) is 8.10. The molecule has 0 unspecified atom stereocenters. The molecule has 0 atom stereocenters. The Hall–Kier alpha value is -1.79. The Morgan fingerprint density at radius 3 is 2.59 bits per heavy atom. The fourth-order valence-corrected chi connectivity index (χ4v) is 2.94. The molecule has 6 heteroatoms. The molecule has 5 nitrogen and oxygen atoms in total. The topological polar surface area (TPSA) is 52.7 Å². The van der Waals surface area contributed by atoms with E-state index in [0.29, 0.717) is 10.8 Å². The van der Waals surface area contributed by atoms with Crippen LogP contribution in [0.1, 0.15) is 5.56 Å². The molecule has 0 spiro atoms. The molecule has 0 saturated carbocycles. The lowest BCUT2D eigenvalue weighted by molar-refractivity contribution is -0.124. The zero-order valence-electron chi connectivity index (χ0n) is 13.1. The minimum Gasteiger partial charge on any atom is -0.322 e. The number of amides is 2. The van der Waals surface area contributed by atoms with Gasteiger partial charge in [-0.2, -0.15) is 0 Å². The van der Waals surface area contributed by atoms with Gasteiger partial charge in [-0.1, -0.05) is 23.9 Å². The molecule has 0 aromatic heterocycles. The Morgan fingerprint density at radius 2 is 2.05 bits per heavy atom. The summed E-state index contributed by atoms with van der Waals surface area (Å²) < 4.78 is 0. The number of anilines is 1. The van der Waals surface area contributed by atoms with Gasteiger partial charge >= 0.3 is 0 Å². The minimum atomic E-state index is -0.218. The van der Waals surface area contributed by atoms with Gasteiger partial charge in [0.2, 0.25) is 5.91 Å². The minimum absolute atomic E-state index is 0.0225. The Labute approximate surface area is 135 Å². The molecule has 0 bridgehead atoms. The number of nitrogens with one attached hydrogen (secondary N) is 1. The van der Waals surface area contributed by atoms with Crippen molar-refractivity contribution in [2.24, 2.45) is 0 Å². The van der Waals surface area contributed by atoms with Crippen LogP contribution in [-0.4, -0.2) is 55.1 Å². The summed E-state index contributed by atoms with van der Waals surface area (Å²) in [4.78, 5) is 27.0. The average molecular weight is 319 g/mol. The standard InChI is InChI=1S/C16H21N3O2S/c1-18(2)9-8-12-4-6-13(7-5-12)17-14(20)10-16-19(3)15(21)11-22-16/h4-7,10H,8-9,11H2,1-3H3,(H,17,20)/b16-10+. The summed E-state index contributed by atoms with van der Waals surface area (Å²) in [5.41, 5.74) is 1.99. The first kappa shape index (κ1) is 16.6. The number of hydrogen-bond acceptors (Lipinski definition) is 4. The number of benzene rings is 1. The van der Waals surface area contributed by atoms with Crippen LogP contribution < -0.4 is 5.32 Å². The van der Waals surface area contributed by atoms with Crippen LogP contribution >= 0.6 is 11.8 Å². The smallest absolute Gasteiger partial charge is 0.251 e. The molecule has 1 aromatic rings. The van der Waals surface area contributed by atoms with E-state index in [4.69, 9.17) is 0 Å². The largest absolute Gasteiger partial charge is 0.322 e. The molecule has 2 amide bonds. The molecule has 0 radical (unpaired) electrons. The van der Waals surface area contributed by atoms with E-state index >= 15 is 0 Å². The van der Waals surface area contributed by atoms with Gasteiger partial charge in [0.25, 0.3) is 5.91 Å². The van der Waals surface area contributed by atoms with E-state index in [1.807, 2.05) is 38.4 Å². The molecule has 0 aliphatic carbocycles. The van der Waals surface area contributed by atoms with Crippen LogP contribution in [0.15, 0.2) is 35.4 Å². The van der Waals surface area contributed by atoms with Crippen molar-refractivity contribution in [3.8, 4) is 0 Å². The predicted octanol–water partition coefficient (Wildman–Crippen LogP) is 1.78. The van der Waals surface area contributed by atoms with Crippen molar-refractivity contribution < 1.29 is 9.59 Å². The summed E-state index contributed by atoms with van der Waals surface area (Å²) in [6.07, 6.45) is 2.45. The lowest BCUT2D eigenvalue weighted by atomic mass is 10.1. The van der Waals surface area contributed by atoms with Gasteiger partial charge in [-0.25, -0.2) is 0 Å². The summed E-state index contributed by atoms with van der Waals surface area (Å²) in [6, 6.07) is 7.84. The van der Waals surface area contributed by atoms with E-state index in [-0.39, 0.29) is 11.8 Å². The van der Waals surface area contributed by atoms with Crippen molar-refractivity contribution in [1.29, 1.82) is 0 Å². The van der Waals surface area contributed by atoms with Crippen molar-refractivity contribution in [3.05, 3.63) is 40.9 Å². The maximum Gasteiger partial charge on any atom is 0.251 e. The number of carbonyl (C=O) groups is 2. The highest BCUT2D eigenvalue weighted by Crippen LogP contribution is 2.26. The van der Waals surface area contributed by atoms with E-state index < -0.39 is 0 Å². The second kappa shape index (κ2) is 7.47. The van der Waals surface area contributed by atoms with Crippen molar-refractivity contribution in [1.82, 2.24) is 9.80 Å². The molecular weight excluding hydrogens is 298 g/mol. The molecular formula is C16H21N3O2S. The van der Waals surface area contributed by atoms with Gasteiger partial charge in [0.1, 0.15) is 0 Å². The highest BCUT2D eigenvalue weighted by atomic mass is 32.2. The molecule has 118 valence electrons. The summed E-state index contributed by atoms with van der Waals surface area (Å²) in [5, 5.41) is 3.50. The first-order valence-electron chi connectivity index (χ1n) is 7.11. The third kappa shape index (κ3) is 4.61. The van der Waals surface area contributed by atoms with E-state index in [9.17, 15) is 9.59 Å². The van der Waals surface area contributed by atoms with Crippen LogP contribution in [0.3, 0.4) is 0 Å². The summed E-state index contributed by atoms with van der Waals surface area (Å²) in [6.45, 7) is 0.995. The van der Waals surface area contributed by atoms with Crippen LogP contribution in [0.2, 0.25) is 0 Å². The van der Waals surface area contributed by atoms with Gasteiger partial charge in [0, 0.05) is 25.4 Å². The van der Waals surface area contributed by atoms with Crippen molar-refractivity contribution >= 4 is 29.3 Å². The maximum absolute atomic E-state index is 12.0. The molecule has 1 aliphatic rings.